The number of ether oxygens (including phenoxy) is 1. The third kappa shape index (κ3) is 5.09. The van der Waals surface area contributed by atoms with Crippen LogP contribution in [0.2, 0.25) is 0 Å². The molecule has 2 aromatic rings. The van der Waals surface area contributed by atoms with Crippen LogP contribution >= 0.6 is 0 Å². The Morgan fingerprint density at radius 1 is 1.20 bits per heavy atom. The van der Waals surface area contributed by atoms with Gasteiger partial charge in [-0.25, -0.2) is 0 Å². The molecule has 1 amide bonds. The van der Waals surface area contributed by atoms with Gasteiger partial charge in [0.15, 0.2) is 0 Å². The molecule has 0 bridgehead atoms. The Kier molecular flexibility index (Phi) is 6.57. The van der Waals surface area contributed by atoms with Gasteiger partial charge in [-0.05, 0) is 23.3 Å². The van der Waals surface area contributed by atoms with Crippen LogP contribution < -0.4 is 15.4 Å². The molecule has 0 aliphatic heterocycles. The maximum atomic E-state index is 12.2. The fraction of sp³-hybridized carbons (Fsp3) is 0.158. The lowest BCUT2D eigenvalue weighted by atomic mass is 10.1. The van der Waals surface area contributed by atoms with Crippen LogP contribution in [0.5, 0.6) is 5.75 Å². The summed E-state index contributed by atoms with van der Waals surface area (Å²) in [5.41, 5.74) is 2.25. The molecule has 0 saturated carbocycles. The minimum absolute atomic E-state index is 0.00465. The zero-order valence-corrected chi connectivity index (χ0v) is 13.8. The molecular weight excluding hydrogens is 318 g/mol. The maximum absolute atomic E-state index is 12.2. The summed E-state index contributed by atoms with van der Waals surface area (Å²) in [6.07, 6.45) is 1.38. The lowest BCUT2D eigenvalue weighted by molar-refractivity contribution is -0.112. The molecule has 0 spiro atoms. The minimum atomic E-state index is -0.518. The van der Waals surface area contributed by atoms with Crippen LogP contribution in [0.15, 0.2) is 60.3 Å². The molecule has 0 aliphatic carbocycles. The SMILES string of the molecule is COc1ccccc1NC(=O)/C(C#N)=C\NCc1ccc(CO)cc1. The molecule has 0 fully saturated rings. The van der Waals surface area contributed by atoms with Gasteiger partial charge in [0.1, 0.15) is 17.4 Å². The van der Waals surface area contributed by atoms with Gasteiger partial charge in [-0.1, -0.05) is 36.4 Å². The number of carbonyl (C=O) groups is 1. The van der Waals surface area contributed by atoms with Gasteiger partial charge in [-0.3, -0.25) is 4.79 Å². The van der Waals surface area contributed by atoms with Gasteiger partial charge in [-0.15, -0.1) is 0 Å². The molecule has 0 atom stereocenters. The molecule has 0 radical (unpaired) electrons. The molecule has 6 heteroatoms. The van der Waals surface area contributed by atoms with E-state index in [2.05, 4.69) is 10.6 Å². The van der Waals surface area contributed by atoms with Crippen LogP contribution in [0, 0.1) is 11.3 Å². The van der Waals surface area contributed by atoms with Crippen molar-refractivity contribution in [2.75, 3.05) is 12.4 Å². The van der Waals surface area contributed by atoms with E-state index >= 15 is 0 Å². The third-order valence-electron chi connectivity index (χ3n) is 3.48. The van der Waals surface area contributed by atoms with Crippen molar-refractivity contribution in [3.8, 4) is 11.8 Å². The van der Waals surface area contributed by atoms with Gasteiger partial charge in [0.05, 0.1) is 19.4 Å². The summed E-state index contributed by atoms with van der Waals surface area (Å²) in [5.74, 6) is 0.000186. The van der Waals surface area contributed by atoms with E-state index in [9.17, 15) is 10.1 Å². The Morgan fingerprint density at radius 3 is 2.52 bits per heavy atom. The molecule has 6 nitrogen and oxygen atoms in total. The molecule has 0 saturated heterocycles. The Bertz CT molecular complexity index is 792. The van der Waals surface area contributed by atoms with E-state index < -0.39 is 5.91 Å². The van der Waals surface area contributed by atoms with E-state index in [1.165, 1.54) is 13.3 Å². The lowest BCUT2D eigenvalue weighted by Crippen LogP contribution is -2.17. The predicted molar refractivity (Wildman–Crippen MR) is 94.5 cm³/mol. The molecule has 0 aliphatic rings. The first-order chi connectivity index (χ1) is 12.2. The highest BCUT2D eigenvalue weighted by atomic mass is 16.5. The Labute approximate surface area is 146 Å². The largest absolute Gasteiger partial charge is 0.495 e. The van der Waals surface area contributed by atoms with E-state index in [0.29, 0.717) is 18.0 Å². The van der Waals surface area contributed by atoms with Gasteiger partial charge >= 0.3 is 0 Å². The number of nitrogens with one attached hydrogen (secondary N) is 2. The zero-order chi connectivity index (χ0) is 18.1. The van der Waals surface area contributed by atoms with Gasteiger partial charge in [0, 0.05) is 12.7 Å². The number of carbonyl (C=O) groups excluding carboxylic acids is 1. The van der Waals surface area contributed by atoms with Gasteiger partial charge in [0.2, 0.25) is 0 Å². The van der Waals surface area contributed by atoms with E-state index in [1.807, 2.05) is 30.3 Å². The summed E-state index contributed by atoms with van der Waals surface area (Å²) in [4.78, 5) is 12.2. The van der Waals surface area contributed by atoms with Gasteiger partial charge in [-0.2, -0.15) is 5.26 Å². The highest BCUT2D eigenvalue weighted by molar-refractivity contribution is 6.07. The van der Waals surface area contributed by atoms with Crippen LogP contribution in [-0.2, 0) is 17.9 Å². The fourth-order valence-corrected chi connectivity index (χ4v) is 2.12. The molecular formula is C19H19N3O3. The van der Waals surface area contributed by atoms with E-state index in [0.717, 1.165) is 11.1 Å². The number of benzene rings is 2. The molecule has 0 heterocycles. The third-order valence-corrected chi connectivity index (χ3v) is 3.48. The van der Waals surface area contributed by atoms with Crippen molar-refractivity contribution in [3.05, 3.63) is 71.4 Å². The second kappa shape index (κ2) is 9.11. The van der Waals surface area contributed by atoms with Crippen LogP contribution in [0.3, 0.4) is 0 Å². The van der Waals surface area contributed by atoms with Crippen molar-refractivity contribution in [2.24, 2.45) is 0 Å². The topological polar surface area (TPSA) is 94.4 Å². The average Bonchev–Trinajstić information content (AvgIpc) is 2.66. The number of nitrogens with zero attached hydrogens (tertiary/aromatic N) is 1. The monoisotopic (exact) mass is 337 g/mol. The second-order valence-electron chi connectivity index (χ2n) is 5.18. The van der Waals surface area contributed by atoms with Crippen molar-refractivity contribution < 1.29 is 14.6 Å². The van der Waals surface area contributed by atoms with Crippen molar-refractivity contribution in [1.82, 2.24) is 5.32 Å². The number of amides is 1. The molecule has 2 rings (SSSR count). The first-order valence-corrected chi connectivity index (χ1v) is 7.64. The quantitative estimate of drug-likeness (QED) is 0.532. The van der Waals surface area contributed by atoms with Crippen molar-refractivity contribution in [1.29, 1.82) is 5.26 Å². The number of anilines is 1. The lowest BCUT2D eigenvalue weighted by Gasteiger charge is -2.09. The molecule has 2 aromatic carbocycles. The van der Waals surface area contributed by atoms with Crippen LogP contribution in [0.1, 0.15) is 11.1 Å². The maximum Gasteiger partial charge on any atom is 0.267 e. The number of hydrogen-bond acceptors (Lipinski definition) is 5. The molecule has 0 aromatic heterocycles. The van der Waals surface area contributed by atoms with Crippen molar-refractivity contribution in [3.63, 3.8) is 0 Å². The fourth-order valence-electron chi connectivity index (χ4n) is 2.12. The summed E-state index contributed by atoms with van der Waals surface area (Å²) in [6, 6.07) is 16.2. The highest BCUT2D eigenvalue weighted by Gasteiger charge is 2.11. The summed E-state index contributed by atoms with van der Waals surface area (Å²) >= 11 is 0. The number of nitriles is 1. The standard InChI is InChI=1S/C19H19N3O3/c1-25-18-5-3-2-4-17(18)22-19(24)16(10-20)12-21-11-14-6-8-15(13-23)9-7-14/h2-9,12,21,23H,11,13H2,1H3,(H,22,24)/b16-12-. The Hall–Kier alpha value is -3.30. The number of hydrogen-bond donors (Lipinski definition) is 3. The second-order valence-corrected chi connectivity index (χ2v) is 5.18. The first-order valence-electron chi connectivity index (χ1n) is 7.64. The van der Waals surface area contributed by atoms with E-state index in [4.69, 9.17) is 9.84 Å². The van der Waals surface area contributed by atoms with Crippen LogP contribution in [0.4, 0.5) is 5.69 Å². The highest BCUT2D eigenvalue weighted by Crippen LogP contribution is 2.23. The smallest absolute Gasteiger partial charge is 0.267 e. The van der Waals surface area contributed by atoms with Crippen molar-refractivity contribution >= 4 is 11.6 Å². The van der Waals surface area contributed by atoms with Crippen LogP contribution in [0.25, 0.3) is 0 Å². The number of para-hydroxylation sites is 2. The number of rotatable bonds is 7. The Morgan fingerprint density at radius 2 is 1.88 bits per heavy atom. The molecule has 0 unspecified atom stereocenters. The summed E-state index contributed by atoms with van der Waals surface area (Å²) < 4.78 is 5.17. The molecule has 25 heavy (non-hydrogen) atoms. The Balaban J connectivity index is 1.99. The molecule has 128 valence electrons. The van der Waals surface area contributed by atoms with E-state index in [-0.39, 0.29) is 12.2 Å². The van der Waals surface area contributed by atoms with Crippen LogP contribution in [-0.4, -0.2) is 18.1 Å². The minimum Gasteiger partial charge on any atom is -0.495 e. The summed E-state index contributed by atoms with van der Waals surface area (Å²) in [6.45, 7) is 0.453. The average molecular weight is 337 g/mol. The number of aliphatic hydroxyl groups excluding tert-OH is 1. The van der Waals surface area contributed by atoms with E-state index in [1.54, 1.807) is 24.3 Å². The van der Waals surface area contributed by atoms with Gasteiger partial charge < -0.3 is 20.5 Å². The zero-order valence-electron chi connectivity index (χ0n) is 13.8. The van der Waals surface area contributed by atoms with Gasteiger partial charge in [0.25, 0.3) is 5.91 Å². The number of aliphatic hydroxyl groups is 1. The summed E-state index contributed by atoms with van der Waals surface area (Å²) in [7, 11) is 1.51. The number of methoxy groups -OCH3 is 1. The predicted octanol–water partition coefficient (Wildman–Crippen LogP) is 2.32. The first kappa shape index (κ1) is 18.0. The van der Waals surface area contributed by atoms with Crippen molar-refractivity contribution in [2.45, 2.75) is 13.2 Å². The molecule has 3 N–H and O–H groups in total. The summed E-state index contributed by atoms with van der Waals surface area (Å²) in [5, 5.41) is 23.8. The normalized spacial score (nSPS) is 10.7.